The smallest absolute Gasteiger partial charge is 0.242 e. The topological polar surface area (TPSA) is 75.4 Å². The number of likely N-dealkylation sites (tertiary alicyclic amines) is 1. The molecular weight excluding hydrogens is 290 g/mol. The maximum absolute atomic E-state index is 12.3. The molecule has 1 aliphatic rings. The van der Waals surface area contributed by atoms with E-state index in [0.29, 0.717) is 0 Å². The van der Waals surface area contributed by atoms with Gasteiger partial charge in [0.15, 0.2) is 0 Å². The summed E-state index contributed by atoms with van der Waals surface area (Å²) in [6.45, 7) is 7.23. The molecule has 1 heterocycles. The molecule has 0 spiro atoms. The van der Waals surface area contributed by atoms with E-state index in [0.717, 1.165) is 24.9 Å². The third-order valence-corrected chi connectivity index (χ3v) is 4.36. The van der Waals surface area contributed by atoms with Crippen molar-refractivity contribution in [2.45, 2.75) is 45.1 Å². The second-order valence-electron chi connectivity index (χ2n) is 7.10. The molecule has 1 saturated heterocycles. The molecule has 2 amide bonds. The summed E-state index contributed by atoms with van der Waals surface area (Å²) in [4.78, 5) is 25.4. The SMILES string of the molecule is CC(C)(C)c1ccc(C2CCCN2C(=O)CNC(=O)CN)cc1. The zero-order chi connectivity index (χ0) is 17.0. The predicted octanol–water partition coefficient (Wildman–Crippen LogP) is 1.72. The molecule has 1 aliphatic heterocycles. The standard InChI is InChI=1S/C18H27N3O2/c1-18(2,3)14-8-6-13(7-9-14)15-5-4-10-21(15)17(23)12-20-16(22)11-19/h6-9,15H,4-5,10-12,19H2,1-3H3,(H,20,22). The molecule has 2 rings (SSSR count). The van der Waals surface area contributed by atoms with Gasteiger partial charge >= 0.3 is 0 Å². The van der Waals surface area contributed by atoms with Crippen LogP contribution in [0.25, 0.3) is 0 Å². The molecule has 0 saturated carbocycles. The maximum Gasteiger partial charge on any atom is 0.242 e. The molecule has 0 radical (unpaired) electrons. The number of benzene rings is 1. The van der Waals surface area contributed by atoms with Gasteiger partial charge in [-0.15, -0.1) is 0 Å². The number of nitrogens with zero attached hydrogens (tertiary/aromatic N) is 1. The van der Waals surface area contributed by atoms with E-state index in [9.17, 15) is 9.59 Å². The largest absolute Gasteiger partial charge is 0.346 e. The molecule has 1 aromatic carbocycles. The van der Waals surface area contributed by atoms with Gasteiger partial charge in [-0.05, 0) is 29.4 Å². The lowest BCUT2D eigenvalue weighted by atomic mass is 9.86. The summed E-state index contributed by atoms with van der Waals surface area (Å²) in [6, 6.07) is 8.63. The lowest BCUT2D eigenvalue weighted by Crippen LogP contribution is -2.41. The highest BCUT2D eigenvalue weighted by Gasteiger charge is 2.30. The third-order valence-electron chi connectivity index (χ3n) is 4.36. The van der Waals surface area contributed by atoms with Crippen LogP contribution in [0, 0.1) is 0 Å². The van der Waals surface area contributed by atoms with Gasteiger partial charge in [0.2, 0.25) is 11.8 Å². The van der Waals surface area contributed by atoms with E-state index in [4.69, 9.17) is 5.73 Å². The number of rotatable bonds is 4. The van der Waals surface area contributed by atoms with Gasteiger partial charge in [-0.25, -0.2) is 0 Å². The van der Waals surface area contributed by atoms with Gasteiger partial charge in [0, 0.05) is 6.54 Å². The summed E-state index contributed by atoms with van der Waals surface area (Å²) in [5.41, 5.74) is 7.81. The van der Waals surface area contributed by atoms with Crippen molar-refractivity contribution in [1.82, 2.24) is 10.2 Å². The zero-order valence-corrected chi connectivity index (χ0v) is 14.3. The summed E-state index contributed by atoms with van der Waals surface area (Å²) >= 11 is 0. The number of nitrogens with one attached hydrogen (secondary N) is 1. The normalized spacial score (nSPS) is 18.1. The van der Waals surface area contributed by atoms with Crippen LogP contribution in [0.4, 0.5) is 0 Å². The van der Waals surface area contributed by atoms with Gasteiger partial charge in [-0.1, -0.05) is 45.0 Å². The first kappa shape index (κ1) is 17.5. The van der Waals surface area contributed by atoms with E-state index in [2.05, 4.69) is 50.4 Å². The van der Waals surface area contributed by atoms with Crippen LogP contribution in [0.2, 0.25) is 0 Å². The average molecular weight is 317 g/mol. The molecule has 5 heteroatoms. The van der Waals surface area contributed by atoms with E-state index >= 15 is 0 Å². The van der Waals surface area contributed by atoms with Gasteiger partial charge < -0.3 is 16.0 Å². The van der Waals surface area contributed by atoms with Gasteiger partial charge in [0.1, 0.15) is 0 Å². The van der Waals surface area contributed by atoms with Crippen molar-refractivity contribution >= 4 is 11.8 Å². The Hall–Kier alpha value is -1.88. The summed E-state index contributed by atoms with van der Waals surface area (Å²) in [7, 11) is 0. The number of carbonyl (C=O) groups is 2. The molecule has 0 aromatic heterocycles. The fraction of sp³-hybridized carbons (Fsp3) is 0.556. The van der Waals surface area contributed by atoms with Crippen LogP contribution in [0.3, 0.4) is 0 Å². The Kier molecular flexibility index (Phi) is 5.42. The number of amides is 2. The van der Waals surface area contributed by atoms with Crippen molar-refractivity contribution in [2.24, 2.45) is 5.73 Å². The Bertz CT molecular complexity index is 561. The van der Waals surface area contributed by atoms with E-state index in [1.807, 2.05) is 4.90 Å². The van der Waals surface area contributed by atoms with Crippen molar-refractivity contribution < 1.29 is 9.59 Å². The minimum atomic E-state index is -0.302. The summed E-state index contributed by atoms with van der Waals surface area (Å²) in [6.07, 6.45) is 1.95. The van der Waals surface area contributed by atoms with E-state index in [1.54, 1.807) is 0 Å². The second-order valence-corrected chi connectivity index (χ2v) is 7.10. The first-order valence-corrected chi connectivity index (χ1v) is 8.19. The number of carbonyl (C=O) groups excluding carboxylic acids is 2. The van der Waals surface area contributed by atoms with Crippen LogP contribution in [-0.2, 0) is 15.0 Å². The highest BCUT2D eigenvalue weighted by Crippen LogP contribution is 2.33. The fourth-order valence-electron chi connectivity index (χ4n) is 2.96. The van der Waals surface area contributed by atoms with Crippen molar-refractivity contribution in [3.63, 3.8) is 0 Å². The van der Waals surface area contributed by atoms with E-state index in [-0.39, 0.29) is 36.4 Å². The monoisotopic (exact) mass is 317 g/mol. The second kappa shape index (κ2) is 7.13. The van der Waals surface area contributed by atoms with E-state index in [1.165, 1.54) is 5.56 Å². The summed E-state index contributed by atoms with van der Waals surface area (Å²) in [5.74, 6) is -0.349. The summed E-state index contributed by atoms with van der Waals surface area (Å²) < 4.78 is 0. The van der Waals surface area contributed by atoms with Crippen LogP contribution in [-0.4, -0.2) is 36.3 Å². The molecule has 3 N–H and O–H groups in total. The number of hydrogen-bond acceptors (Lipinski definition) is 3. The molecule has 0 aliphatic carbocycles. The van der Waals surface area contributed by atoms with Crippen LogP contribution in [0.15, 0.2) is 24.3 Å². The van der Waals surface area contributed by atoms with Crippen LogP contribution >= 0.6 is 0 Å². The van der Waals surface area contributed by atoms with E-state index < -0.39 is 0 Å². The molecule has 1 fully saturated rings. The number of hydrogen-bond donors (Lipinski definition) is 2. The lowest BCUT2D eigenvalue weighted by Gasteiger charge is -2.26. The highest BCUT2D eigenvalue weighted by atomic mass is 16.2. The minimum absolute atomic E-state index is 0.0204. The molecule has 5 nitrogen and oxygen atoms in total. The lowest BCUT2D eigenvalue weighted by molar-refractivity contribution is -0.133. The first-order chi connectivity index (χ1) is 10.8. The molecule has 126 valence electrons. The average Bonchev–Trinajstić information content (AvgIpc) is 3.01. The quantitative estimate of drug-likeness (QED) is 0.888. The van der Waals surface area contributed by atoms with Crippen molar-refractivity contribution in [3.05, 3.63) is 35.4 Å². The molecular formula is C18H27N3O2. The molecule has 0 bridgehead atoms. The highest BCUT2D eigenvalue weighted by molar-refractivity contribution is 5.85. The Morgan fingerprint density at radius 3 is 2.48 bits per heavy atom. The van der Waals surface area contributed by atoms with Crippen molar-refractivity contribution in [2.75, 3.05) is 19.6 Å². The molecule has 1 unspecified atom stereocenters. The molecule has 1 atom stereocenters. The Morgan fingerprint density at radius 2 is 1.91 bits per heavy atom. The van der Waals surface area contributed by atoms with Gasteiger partial charge in [0.25, 0.3) is 0 Å². The molecule has 23 heavy (non-hydrogen) atoms. The first-order valence-electron chi connectivity index (χ1n) is 8.19. The van der Waals surface area contributed by atoms with Crippen molar-refractivity contribution in [1.29, 1.82) is 0 Å². The Morgan fingerprint density at radius 1 is 1.26 bits per heavy atom. The van der Waals surface area contributed by atoms with Gasteiger partial charge in [0.05, 0.1) is 19.1 Å². The minimum Gasteiger partial charge on any atom is -0.346 e. The van der Waals surface area contributed by atoms with Gasteiger partial charge in [-0.2, -0.15) is 0 Å². The van der Waals surface area contributed by atoms with Gasteiger partial charge in [-0.3, -0.25) is 9.59 Å². The number of nitrogens with two attached hydrogens (primary N) is 1. The Labute approximate surface area is 138 Å². The fourth-order valence-corrected chi connectivity index (χ4v) is 2.96. The van der Waals surface area contributed by atoms with Crippen LogP contribution < -0.4 is 11.1 Å². The predicted molar refractivity (Wildman–Crippen MR) is 90.9 cm³/mol. The van der Waals surface area contributed by atoms with Crippen LogP contribution in [0.1, 0.15) is 50.8 Å². The van der Waals surface area contributed by atoms with Crippen LogP contribution in [0.5, 0.6) is 0 Å². The zero-order valence-electron chi connectivity index (χ0n) is 14.3. The third kappa shape index (κ3) is 4.32. The van der Waals surface area contributed by atoms with Crippen molar-refractivity contribution in [3.8, 4) is 0 Å². The summed E-state index contributed by atoms with van der Waals surface area (Å²) in [5, 5.41) is 2.55. The Balaban J connectivity index is 2.06. The maximum atomic E-state index is 12.3. The molecule has 1 aromatic rings.